The van der Waals surface area contributed by atoms with E-state index in [4.69, 9.17) is 22.1 Å². The second-order valence-corrected chi connectivity index (χ2v) is 4.61. The van der Waals surface area contributed by atoms with Gasteiger partial charge in [0.1, 0.15) is 12.4 Å². The number of nitrogens with two attached hydrogens (primary N) is 1. The maximum atomic E-state index is 10.7. The highest BCUT2D eigenvalue weighted by Crippen LogP contribution is 2.26. The highest BCUT2D eigenvalue weighted by Gasteiger charge is 2.02. The Labute approximate surface area is 122 Å². The summed E-state index contributed by atoms with van der Waals surface area (Å²) >= 11 is 6.14. The van der Waals surface area contributed by atoms with Crippen LogP contribution in [-0.2, 0) is 11.4 Å². The van der Waals surface area contributed by atoms with Crippen LogP contribution in [0.5, 0.6) is 5.75 Å². The van der Waals surface area contributed by atoms with Crippen molar-refractivity contribution in [3.63, 3.8) is 0 Å². The van der Waals surface area contributed by atoms with Crippen LogP contribution in [0.25, 0.3) is 6.08 Å². The van der Waals surface area contributed by atoms with Crippen LogP contribution in [0.1, 0.15) is 11.1 Å². The van der Waals surface area contributed by atoms with E-state index in [1.54, 1.807) is 18.2 Å². The van der Waals surface area contributed by atoms with Crippen LogP contribution >= 0.6 is 11.6 Å². The molecule has 0 aromatic heterocycles. The topological polar surface area (TPSA) is 52.3 Å². The molecule has 0 bridgehead atoms. The van der Waals surface area contributed by atoms with Gasteiger partial charge >= 0.3 is 0 Å². The van der Waals surface area contributed by atoms with Crippen molar-refractivity contribution in [2.45, 2.75) is 6.61 Å². The molecule has 0 aliphatic rings. The molecule has 0 aliphatic heterocycles. The minimum absolute atomic E-state index is 0.455. The molecule has 2 aromatic rings. The highest BCUT2D eigenvalue weighted by atomic mass is 35.5. The van der Waals surface area contributed by atoms with E-state index < -0.39 is 5.91 Å². The maximum Gasteiger partial charge on any atom is 0.241 e. The fourth-order valence-corrected chi connectivity index (χ4v) is 1.90. The number of carbonyl (C=O) groups is 1. The Morgan fingerprint density at radius 3 is 2.60 bits per heavy atom. The van der Waals surface area contributed by atoms with E-state index in [2.05, 4.69) is 0 Å². The summed E-state index contributed by atoms with van der Waals surface area (Å²) in [6, 6.07) is 15.1. The van der Waals surface area contributed by atoms with Gasteiger partial charge < -0.3 is 10.5 Å². The number of hydrogen-bond donors (Lipinski definition) is 1. The third kappa shape index (κ3) is 4.14. The van der Waals surface area contributed by atoms with Crippen molar-refractivity contribution in [2.75, 3.05) is 0 Å². The van der Waals surface area contributed by atoms with Gasteiger partial charge in [0.2, 0.25) is 5.91 Å². The SMILES string of the molecule is NC(=O)/C=C/c1ccc(OCc2ccccc2)c(Cl)c1. The van der Waals surface area contributed by atoms with Crippen LogP contribution in [0, 0.1) is 0 Å². The molecule has 2 N–H and O–H groups in total. The van der Waals surface area contributed by atoms with Gasteiger partial charge in [-0.3, -0.25) is 4.79 Å². The van der Waals surface area contributed by atoms with E-state index in [1.165, 1.54) is 6.08 Å². The number of hydrogen-bond acceptors (Lipinski definition) is 2. The maximum absolute atomic E-state index is 10.7. The van der Waals surface area contributed by atoms with Crippen molar-refractivity contribution in [1.82, 2.24) is 0 Å². The van der Waals surface area contributed by atoms with Crippen molar-refractivity contribution < 1.29 is 9.53 Å². The zero-order valence-corrected chi connectivity index (χ0v) is 11.5. The molecule has 4 heteroatoms. The first kappa shape index (κ1) is 14.2. The van der Waals surface area contributed by atoms with Crippen LogP contribution in [0.3, 0.4) is 0 Å². The van der Waals surface area contributed by atoms with Gasteiger partial charge in [0.25, 0.3) is 0 Å². The zero-order chi connectivity index (χ0) is 14.4. The zero-order valence-electron chi connectivity index (χ0n) is 10.8. The summed E-state index contributed by atoms with van der Waals surface area (Å²) in [5.74, 6) is 0.109. The van der Waals surface area contributed by atoms with Crippen LogP contribution in [0.2, 0.25) is 5.02 Å². The largest absolute Gasteiger partial charge is 0.487 e. The number of ether oxygens (including phenoxy) is 1. The summed E-state index contributed by atoms with van der Waals surface area (Å²) < 4.78 is 5.66. The van der Waals surface area contributed by atoms with E-state index in [9.17, 15) is 4.79 Å². The van der Waals surface area contributed by atoms with Crippen LogP contribution in [-0.4, -0.2) is 5.91 Å². The first-order chi connectivity index (χ1) is 9.65. The molecule has 0 spiro atoms. The number of halogens is 1. The van der Waals surface area contributed by atoms with E-state index in [1.807, 2.05) is 36.4 Å². The molecule has 20 heavy (non-hydrogen) atoms. The van der Waals surface area contributed by atoms with Crippen LogP contribution in [0.15, 0.2) is 54.6 Å². The lowest BCUT2D eigenvalue weighted by atomic mass is 10.2. The quantitative estimate of drug-likeness (QED) is 0.857. The van der Waals surface area contributed by atoms with Crippen molar-refractivity contribution in [1.29, 1.82) is 0 Å². The average molecular weight is 288 g/mol. The molecule has 0 atom stereocenters. The van der Waals surface area contributed by atoms with Gasteiger partial charge in [-0.15, -0.1) is 0 Å². The molecule has 0 radical (unpaired) electrons. The van der Waals surface area contributed by atoms with Crippen LogP contribution < -0.4 is 10.5 Å². The number of amides is 1. The molecule has 0 heterocycles. The Kier molecular flexibility index (Phi) is 4.80. The highest BCUT2D eigenvalue weighted by molar-refractivity contribution is 6.32. The normalized spacial score (nSPS) is 10.7. The van der Waals surface area contributed by atoms with Crippen LogP contribution in [0.4, 0.5) is 0 Å². The van der Waals surface area contributed by atoms with Crippen molar-refractivity contribution >= 4 is 23.6 Å². The Balaban J connectivity index is 2.04. The van der Waals surface area contributed by atoms with Gasteiger partial charge in [-0.25, -0.2) is 0 Å². The molecule has 3 nitrogen and oxygen atoms in total. The van der Waals surface area contributed by atoms with Gasteiger partial charge in [-0.2, -0.15) is 0 Å². The molecule has 0 saturated heterocycles. The molecule has 0 aliphatic carbocycles. The molecule has 1 amide bonds. The Morgan fingerprint density at radius 2 is 1.95 bits per heavy atom. The van der Waals surface area contributed by atoms with E-state index >= 15 is 0 Å². The molecule has 0 unspecified atom stereocenters. The Hall–Kier alpha value is -2.26. The van der Waals surface area contributed by atoms with Gasteiger partial charge in [0, 0.05) is 6.08 Å². The molecular weight excluding hydrogens is 274 g/mol. The number of primary amides is 1. The van der Waals surface area contributed by atoms with Gasteiger partial charge in [-0.1, -0.05) is 48.0 Å². The van der Waals surface area contributed by atoms with E-state index in [0.717, 1.165) is 11.1 Å². The smallest absolute Gasteiger partial charge is 0.241 e. The number of carbonyl (C=O) groups excluding carboxylic acids is 1. The Bertz CT molecular complexity index is 624. The lowest BCUT2D eigenvalue weighted by molar-refractivity contribution is -0.113. The lowest BCUT2D eigenvalue weighted by Crippen LogP contribution is -2.05. The second-order valence-electron chi connectivity index (χ2n) is 4.20. The van der Waals surface area contributed by atoms with E-state index in [-0.39, 0.29) is 0 Å². The molecule has 2 aromatic carbocycles. The lowest BCUT2D eigenvalue weighted by Gasteiger charge is -2.08. The second kappa shape index (κ2) is 6.78. The summed E-state index contributed by atoms with van der Waals surface area (Å²) in [6.07, 6.45) is 2.89. The third-order valence-corrected chi connectivity index (χ3v) is 2.93. The van der Waals surface area contributed by atoms with Crippen molar-refractivity contribution in [2.24, 2.45) is 5.73 Å². The minimum Gasteiger partial charge on any atom is -0.487 e. The molecule has 0 saturated carbocycles. The van der Waals surface area contributed by atoms with Crippen molar-refractivity contribution in [3.05, 3.63) is 70.8 Å². The number of rotatable bonds is 5. The van der Waals surface area contributed by atoms with E-state index in [0.29, 0.717) is 17.4 Å². The first-order valence-electron chi connectivity index (χ1n) is 6.09. The third-order valence-electron chi connectivity index (χ3n) is 2.63. The monoisotopic (exact) mass is 287 g/mol. The molecule has 102 valence electrons. The average Bonchev–Trinajstić information content (AvgIpc) is 2.45. The summed E-state index contributed by atoms with van der Waals surface area (Å²) in [5, 5.41) is 0.493. The fraction of sp³-hybridized carbons (Fsp3) is 0.0625. The predicted octanol–water partition coefficient (Wildman–Crippen LogP) is 3.42. The Morgan fingerprint density at radius 1 is 1.20 bits per heavy atom. The summed E-state index contributed by atoms with van der Waals surface area (Å²) in [5.41, 5.74) is 6.90. The fourth-order valence-electron chi connectivity index (χ4n) is 1.65. The molecule has 0 fully saturated rings. The van der Waals surface area contributed by atoms with Crippen molar-refractivity contribution in [3.8, 4) is 5.75 Å². The van der Waals surface area contributed by atoms with Gasteiger partial charge in [-0.05, 0) is 29.3 Å². The molecular formula is C16H14ClNO2. The summed E-state index contributed by atoms with van der Waals surface area (Å²) in [4.78, 5) is 10.7. The van der Waals surface area contributed by atoms with Gasteiger partial charge in [0.05, 0.1) is 5.02 Å². The number of benzene rings is 2. The minimum atomic E-state index is -0.495. The molecule has 2 rings (SSSR count). The standard InChI is InChI=1S/C16H14ClNO2/c17-14-10-12(7-9-16(18)19)6-8-15(14)20-11-13-4-2-1-3-5-13/h1-10H,11H2,(H2,18,19)/b9-7+. The first-order valence-corrected chi connectivity index (χ1v) is 6.47. The predicted molar refractivity (Wildman–Crippen MR) is 80.5 cm³/mol. The summed E-state index contributed by atoms with van der Waals surface area (Å²) in [7, 11) is 0. The van der Waals surface area contributed by atoms with Gasteiger partial charge in [0.15, 0.2) is 0 Å². The summed E-state index contributed by atoms with van der Waals surface area (Å²) in [6.45, 7) is 0.455.